The van der Waals surface area contributed by atoms with E-state index < -0.39 is 0 Å². The normalized spacial score (nSPS) is 20.1. The topological polar surface area (TPSA) is 63.1 Å². The van der Waals surface area contributed by atoms with E-state index in [9.17, 15) is 4.79 Å². The highest BCUT2D eigenvalue weighted by Gasteiger charge is 2.28. The smallest absolute Gasteiger partial charge is 0.239 e. The lowest BCUT2D eigenvalue weighted by molar-refractivity contribution is -0.128. The Morgan fingerprint density at radius 1 is 1.56 bits per heavy atom. The molecule has 6 heteroatoms. The maximum absolute atomic E-state index is 11.7. The fourth-order valence-electron chi connectivity index (χ4n) is 2.15. The molecule has 1 aliphatic heterocycles. The first-order valence-corrected chi connectivity index (χ1v) is 6.43. The lowest BCUT2D eigenvalue weighted by atomic mass is 10.2. The minimum atomic E-state index is -0.0702. The number of amides is 1. The summed E-state index contributed by atoms with van der Waals surface area (Å²) < 4.78 is 1.90. The Kier molecular flexibility index (Phi) is 3.96. The summed E-state index contributed by atoms with van der Waals surface area (Å²) in [4.78, 5) is 17.7. The third kappa shape index (κ3) is 2.87. The van der Waals surface area contributed by atoms with Gasteiger partial charge in [-0.3, -0.25) is 10.1 Å². The Bertz CT molecular complexity index is 414. The summed E-state index contributed by atoms with van der Waals surface area (Å²) in [5.74, 6) is 1.60. The molecule has 1 N–H and O–H groups in total. The SMILES string of the molecule is CC(C)Cn1ncnc1CNC1CCN(C)C1=O. The first kappa shape index (κ1) is 13.0. The van der Waals surface area contributed by atoms with E-state index in [1.807, 2.05) is 11.7 Å². The van der Waals surface area contributed by atoms with Crippen LogP contribution in [0, 0.1) is 5.92 Å². The molecule has 1 aromatic rings. The van der Waals surface area contributed by atoms with Gasteiger partial charge in [-0.25, -0.2) is 9.67 Å². The highest BCUT2D eigenvalue weighted by atomic mass is 16.2. The summed E-state index contributed by atoms with van der Waals surface area (Å²) in [7, 11) is 1.84. The summed E-state index contributed by atoms with van der Waals surface area (Å²) in [6.07, 6.45) is 2.44. The average Bonchev–Trinajstić information content (AvgIpc) is 2.86. The van der Waals surface area contributed by atoms with Crippen LogP contribution in [-0.2, 0) is 17.9 Å². The van der Waals surface area contributed by atoms with E-state index in [0.29, 0.717) is 12.5 Å². The van der Waals surface area contributed by atoms with Gasteiger partial charge in [0.25, 0.3) is 0 Å². The molecule has 1 saturated heterocycles. The number of rotatable bonds is 5. The number of nitrogens with one attached hydrogen (secondary N) is 1. The standard InChI is InChI=1S/C12H21N5O/c1-9(2)7-17-11(14-8-15-17)6-13-10-4-5-16(3)12(10)18/h8-10,13H,4-7H2,1-3H3. The van der Waals surface area contributed by atoms with Gasteiger partial charge in [0.2, 0.25) is 5.91 Å². The van der Waals surface area contributed by atoms with E-state index in [2.05, 4.69) is 29.2 Å². The fourth-order valence-corrected chi connectivity index (χ4v) is 2.15. The molecular weight excluding hydrogens is 230 g/mol. The summed E-state index contributed by atoms with van der Waals surface area (Å²) in [6.45, 7) is 6.57. The van der Waals surface area contributed by atoms with Crippen molar-refractivity contribution < 1.29 is 4.79 Å². The third-order valence-electron chi connectivity index (χ3n) is 3.17. The van der Waals surface area contributed by atoms with Gasteiger partial charge < -0.3 is 4.90 Å². The van der Waals surface area contributed by atoms with Crippen LogP contribution in [0.1, 0.15) is 26.1 Å². The largest absolute Gasteiger partial charge is 0.344 e. The van der Waals surface area contributed by atoms with Crippen molar-refractivity contribution in [3.8, 4) is 0 Å². The molecule has 1 amide bonds. The maximum atomic E-state index is 11.7. The van der Waals surface area contributed by atoms with E-state index in [1.165, 1.54) is 0 Å². The van der Waals surface area contributed by atoms with Crippen LogP contribution < -0.4 is 5.32 Å². The maximum Gasteiger partial charge on any atom is 0.239 e. The molecule has 0 spiro atoms. The number of hydrogen-bond acceptors (Lipinski definition) is 4. The monoisotopic (exact) mass is 251 g/mol. The number of aromatic nitrogens is 3. The van der Waals surface area contributed by atoms with Crippen molar-refractivity contribution in [3.63, 3.8) is 0 Å². The molecule has 1 aliphatic rings. The molecule has 100 valence electrons. The first-order chi connectivity index (χ1) is 8.58. The molecule has 1 unspecified atom stereocenters. The van der Waals surface area contributed by atoms with Gasteiger partial charge in [0, 0.05) is 20.1 Å². The molecule has 1 atom stereocenters. The molecule has 0 bridgehead atoms. The van der Waals surface area contributed by atoms with Gasteiger partial charge in [0.15, 0.2) is 0 Å². The molecule has 0 radical (unpaired) electrons. The highest BCUT2D eigenvalue weighted by Crippen LogP contribution is 2.09. The minimum absolute atomic E-state index is 0.0702. The van der Waals surface area contributed by atoms with E-state index in [0.717, 1.165) is 25.3 Å². The second-order valence-corrected chi connectivity index (χ2v) is 5.23. The summed E-state index contributed by atoms with van der Waals surface area (Å²) >= 11 is 0. The Balaban J connectivity index is 1.90. The van der Waals surface area contributed by atoms with Crippen LogP contribution in [0.15, 0.2) is 6.33 Å². The van der Waals surface area contributed by atoms with Crippen molar-refractivity contribution in [1.29, 1.82) is 0 Å². The van der Waals surface area contributed by atoms with Crippen molar-refractivity contribution in [2.24, 2.45) is 5.92 Å². The zero-order valence-electron chi connectivity index (χ0n) is 11.3. The van der Waals surface area contributed by atoms with Crippen LogP contribution in [-0.4, -0.2) is 45.2 Å². The Morgan fingerprint density at radius 3 is 2.94 bits per heavy atom. The van der Waals surface area contributed by atoms with Gasteiger partial charge in [0.05, 0.1) is 12.6 Å². The number of carbonyl (C=O) groups excluding carboxylic acids is 1. The molecular formula is C12H21N5O. The van der Waals surface area contributed by atoms with Gasteiger partial charge in [-0.1, -0.05) is 13.8 Å². The summed E-state index contributed by atoms with van der Waals surface area (Å²) in [5, 5.41) is 7.47. The molecule has 0 aliphatic carbocycles. The van der Waals surface area contributed by atoms with Crippen LogP contribution in [0.3, 0.4) is 0 Å². The molecule has 1 aromatic heterocycles. The minimum Gasteiger partial charge on any atom is -0.344 e. The molecule has 2 rings (SSSR count). The van der Waals surface area contributed by atoms with Crippen LogP contribution in [0.5, 0.6) is 0 Å². The second-order valence-electron chi connectivity index (χ2n) is 5.23. The van der Waals surface area contributed by atoms with Crippen LogP contribution in [0.4, 0.5) is 0 Å². The van der Waals surface area contributed by atoms with Crippen LogP contribution in [0.2, 0.25) is 0 Å². The summed E-state index contributed by atoms with van der Waals surface area (Å²) in [6, 6.07) is -0.0702. The molecule has 18 heavy (non-hydrogen) atoms. The number of hydrogen-bond donors (Lipinski definition) is 1. The molecule has 0 saturated carbocycles. The average molecular weight is 251 g/mol. The van der Waals surface area contributed by atoms with Crippen molar-refractivity contribution in [2.75, 3.05) is 13.6 Å². The second kappa shape index (κ2) is 5.48. The first-order valence-electron chi connectivity index (χ1n) is 6.43. The van der Waals surface area contributed by atoms with Crippen molar-refractivity contribution >= 4 is 5.91 Å². The van der Waals surface area contributed by atoms with Crippen molar-refractivity contribution in [3.05, 3.63) is 12.2 Å². The zero-order chi connectivity index (χ0) is 13.1. The predicted molar refractivity (Wildman–Crippen MR) is 67.7 cm³/mol. The number of carbonyl (C=O) groups is 1. The van der Waals surface area contributed by atoms with Crippen molar-refractivity contribution in [1.82, 2.24) is 25.0 Å². The Labute approximate surface area is 107 Å². The lowest BCUT2D eigenvalue weighted by Crippen LogP contribution is -2.37. The van der Waals surface area contributed by atoms with Crippen molar-refractivity contribution in [2.45, 2.75) is 39.4 Å². The van der Waals surface area contributed by atoms with Crippen LogP contribution in [0.25, 0.3) is 0 Å². The lowest BCUT2D eigenvalue weighted by Gasteiger charge is -2.13. The van der Waals surface area contributed by atoms with Crippen LogP contribution >= 0.6 is 0 Å². The predicted octanol–water partition coefficient (Wildman–Crippen LogP) is 0.254. The summed E-state index contributed by atoms with van der Waals surface area (Å²) in [5.41, 5.74) is 0. The van der Waals surface area contributed by atoms with E-state index in [1.54, 1.807) is 11.2 Å². The van der Waals surface area contributed by atoms with E-state index in [4.69, 9.17) is 0 Å². The Hall–Kier alpha value is -1.43. The molecule has 2 heterocycles. The number of likely N-dealkylation sites (N-methyl/N-ethyl adjacent to an activating group) is 1. The third-order valence-corrected chi connectivity index (χ3v) is 3.17. The number of likely N-dealkylation sites (tertiary alicyclic amines) is 1. The van der Waals surface area contributed by atoms with Gasteiger partial charge >= 0.3 is 0 Å². The van der Waals surface area contributed by atoms with E-state index in [-0.39, 0.29) is 11.9 Å². The van der Waals surface area contributed by atoms with E-state index >= 15 is 0 Å². The zero-order valence-corrected chi connectivity index (χ0v) is 11.3. The van der Waals surface area contributed by atoms with Gasteiger partial charge in [-0.05, 0) is 12.3 Å². The van der Waals surface area contributed by atoms with Gasteiger partial charge in [-0.2, -0.15) is 5.10 Å². The van der Waals surface area contributed by atoms with Gasteiger partial charge in [0.1, 0.15) is 12.2 Å². The highest BCUT2D eigenvalue weighted by molar-refractivity contribution is 5.83. The number of nitrogens with zero attached hydrogens (tertiary/aromatic N) is 4. The fraction of sp³-hybridized carbons (Fsp3) is 0.750. The Morgan fingerprint density at radius 2 is 2.33 bits per heavy atom. The molecule has 1 fully saturated rings. The van der Waals surface area contributed by atoms with Gasteiger partial charge in [-0.15, -0.1) is 0 Å². The quantitative estimate of drug-likeness (QED) is 0.815. The molecule has 0 aromatic carbocycles. The molecule has 6 nitrogen and oxygen atoms in total.